The number of hydrogen-bond donors (Lipinski definition) is 1. The Morgan fingerprint density at radius 2 is 1.66 bits per heavy atom. The monoisotopic (exact) mass is 406 g/mol. The van der Waals surface area contributed by atoms with Gasteiger partial charge in [0.1, 0.15) is 11.6 Å². The van der Waals surface area contributed by atoms with Gasteiger partial charge in [-0.05, 0) is 42.7 Å². The van der Waals surface area contributed by atoms with Crippen molar-refractivity contribution in [3.63, 3.8) is 0 Å². The van der Waals surface area contributed by atoms with Crippen LogP contribution < -0.4 is 5.56 Å². The Kier molecular flexibility index (Phi) is 5.86. The molecule has 1 N–H and O–H groups in total. The molecular weight excluding hydrogens is 388 g/mol. The Balaban J connectivity index is 2.07. The first-order chi connectivity index (χ1) is 13.8. The number of aryl methyl sites for hydroxylation is 1. The van der Waals surface area contributed by atoms with Gasteiger partial charge in [0, 0.05) is 11.4 Å². The minimum Gasteiger partial charge on any atom is -0.494 e. The molecule has 3 aromatic rings. The summed E-state index contributed by atoms with van der Waals surface area (Å²) in [5, 5.41) is 20.8. The van der Waals surface area contributed by atoms with Crippen LogP contribution in [0.5, 0.6) is 5.88 Å². The van der Waals surface area contributed by atoms with Gasteiger partial charge in [0.25, 0.3) is 5.56 Å². The van der Waals surface area contributed by atoms with E-state index in [0.29, 0.717) is 10.6 Å². The standard InChI is InChI=1S/C23H19ClN2O3/c1-14-3-5-17(6-4-14)13-26-22(28)19(12-25)15(2)21(23(26)29)20(27)11-16-7-9-18(24)10-8-16/h3-10,29H,11,13H2,1-2H3. The van der Waals surface area contributed by atoms with Gasteiger partial charge in [-0.25, -0.2) is 0 Å². The van der Waals surface area contributed by atoms with Crippen LogP contribution >= 0.6 is 11.6 Å². The maximum absolute atomic E-state index is 13.0. The number of nitrogens with zero attached hydrogens (tertiary/aromatic N) is 2. The van der Waals surface area contributed by atoms with Crippen LogP contribution in [0.1, 0.15) is 38.2 Å². The van der Waals surface area contributed by atoms with Crippen LogP contribution in [0, 0.1) is 25.2 Å². The second-order valence-corrected chi connectivity index (χ2v) is 7.35. The summed E-state index contributed by atoms with van der Waals surface area (Å²) in [7, 11) is 0. The van der Waals surface area contributed by atoms with E-state index in [9.17, 15) is 20.0 Å². The van der Waals surface area contributed by atoms with Crippen LogP contribution in [0.3, 0.4) is 0 Å². The fourth-order valence-electron chi connectivity index (χ4n) is 3.18. The second kappa shape index (κ2) is 8.34. The number of halogens is 1. The zero-order valence-electron chi connectivity index (χ0n) is 16.1. The first kappa shape index (κ1) is 20.4. The lowest BCUT2D eigenvalue weighted by Crippen LogP contribution is -2.27. The smallest absolute Gasteiger partial charge is 0.271 e. The van der Waals surface area contributed by atoms with Crippen molar-refractivity contribution in [3.8, 4) is 11.9 Å². The van der Waals surface area contributed by atoms with E-state index < -0.39 is 11.4 Å². The zero-order chi connectivity index (χ0) is 21.1. The minimum absolute atomic E-state index is 0.0109. The van der Waals surface area contributed by atoms with Crippen molar-refractivity contribution in [3.05, 3.63) is 97.3 Å². The molecule has 0 aliphatic carbocycles. The lowest BCUT2D eigenvalue weighted by molar-refractivity contribution is 0.0988. The van der Waals surface area contributed by atoms with Gasteiger partial charge in [0.05, 0.1) is 12.1 Å². The maximum atomic E-state index is 13.0. The van der Waals surface area contributed by atoms with Crippen LogP contribution in [-0.4, -0.2) is 15.5 Å². The summed E-state index contributed by atoms with van der Waals surface area (Å²) >= 11 is 5.88. The van der Waals surface area contributed by atoms with E-state index in [2.05, 4.69) is 0 Å². The average Bonchev–Trinajstić information content (AvgIpc) is 2.69. The third-order valence-corrected chi connectivity index (χ3v) is 5.07. The van der Waals surface area contributed by atoms with Crippen molar-refractivity contribution in [1.29, 1.82) is 5.26 Å². The summed E-state index contributed by atoms with van der Waals surface area (Å²) in [5.74, 6) is -0.803. The predicted octanol–water partition coefficient (Wildman–Crippen LogP) is 4.17. The quantitative estimate of drug-likeness (QED) is 0.644. The summed E-state index contributed by atoms with van der Waals surface area (Å²) in [4.78, 5) is 25.7. The maximum Gasteiger partial charge on any atom is 0.271 e. The van der Waals surface area contributed by atoms with Gasteiger partial charge in [-0.1, -0.05) is 53.6 Å². The molecule has 146 valence electrons. The molecule has 5 nitrogen and oxygen atoms in total. The van der Waals surface area contributed by atoms with Crippen molar-refractivity contribution < 1.29 is 9.90 Å². The molecule has 0 aliphatic rings. The highest BCUT2D eigenvalue weighted by molar-refractivity contribution is 6.30. The molecule has 1 aromatic heterocycles. The molecule has 0 unspecified atom stereocenters. The van der Waals surface area contributed by atoms with Crippen LogP contribution in [0.4, 0.5) is 0 Å². The van der Waals surface area contributed by atoms with Gasteiger partial charge in [-0.2, -0.15) is 5.26 Å². The van der Waals surface area contributed by atoms with Crippen molar-refractivity contribution in [1.82, 2.24) is 4.57 Å². The lowest BCUT2D eigenvalue weighted by Gasteiger charge is -2.16. The number of rotatable bonds is 5. The van der Waals surface area contributed by atoms with E-state index in [0.717, 1.165) is 15.7 Å². The number of pyridine rings is 1. The Bertz CT molecular complexity index is 1170. The molecule has 0 amide bonds. The van der Waals surface area contributed by atoms with Gasteiger partial charge in [-0.3, -0.25) is 14.2 Å². The van der Waals surface area contributed by atoms with E-state index in [4.69, 9.17) is 11.6 Å². The summed E-state index contributed by atoms with van der Waals surface area (Å²) in [6.07, 6.45) is 0.0131. The third kappa shape index (κ3) is 4.23. The molecule has 0 bridgehead atoms. The highest BCUT2D eigenvalue weighted by atomic mass is 35.5. The zero-order valence-corrected chi connectivity index (χ0v) is 16.8. The highest BCUT2D eigenvalue weighted by Crippen LogP contribution is 2.25. The number of nitriles is 1. The Labute approximate surface area is 173 Å². The Morgan fingerprint density at radius 3 is 2.24 bits per heavy atom. The fourth-order valence-corrected chi connectivity index (χ4v) is 3.31. The lowest BCUT2D eigenvalue weighted by atomic mass is 9.97. The van der Waals surface area contributed by atoms with Crippen molar-refractivity contribution >= 4 is 17.4 Å². The van der Waals surface area contributed by atoms with Gasteiger partial charge < -0.3 is 5.11 Å². The van der Waals surface area contributed by atoms with E-state index in [1.54, 1.807) is 24.3 Å². The van der Waals surface area contributed by atoms with Gasteiger partial charge in [0.2, 0.25) is 5.88 Å². The SMILES string of the molecule is Cc1ccc(Cn2c(O)c(C(=O)Cc3ccc(Cl)cc3)c(C)c(C#N)c2=O)cc1. The summed E-state index contributed by atoms with van der Waals surface area (Å²) in [6.45, 7) is 3.51. The molecule has 3 rings (SSSR count). The normalized spacial score (nSPS) is 10.6. The number of carbonyl (C=O) groups excluding carboxylic acids is 1. The average molecular weight is 407 g/mol. The molecule has 29 heavy (non-hydrogen) atoms. The van der Waals surface area contributed by atoms with E-state index in [1.807, 2.05) is 37.3 Å². The van der Waals surface area contributed by atoms with E-state index in [-0.39, 0.29) is 35.4 Å². The Morgan fingerprint density at radius 1 is 1.07 bits per heavy atom. The molecule has 0 fully saturated rings. The van der Waals surface area contributed by atoms with Crippen LogP contribution in [0.15, 0.2) is 53.3 Å². The van der Waals surface area contributed by atoms with E-state index >= 15 is 0 Å². The predicted molar refractivity (Wildman–Crippen MR) is 112 cm³/mol. The molecule has 0 saturated heterocycles. The Hall–Kier alpha value is -3.36. The van der Waals surface area contributed by atoms with Crippen LogP contribution in [-0.2, 0) is 13.0 Å². The molecular formula is C23H19ClN2O3. The number of Topliss-reactive ketones (excluding diaryl/α,β-unsaturated/α-hetero) is 1. The fraction of sp³-hybridized carbons (Fsp3) is 0.174. The van der Waals surface area contributed by atoms with Gasteiger partial charge >= 0.3 is 0 Å². The van der Waals surface area contributed by atoms with Gasteiger partial charge in [0.15, 0.2) is 5.78 Å². The molecule has 0 radical (unpaired) electrons. The van der Waals surface area contributed by atoms with Gasteiger partial charge in [-0.15, -0.1) is 0 Å². The second-order valence-electron chi connectivity index (χ2n) is 6.91. The number of hydrogen-bond acceptors (Lipinski definition) is 4. The molecule has 0 spiro atoms. The summed E-state index contributed by atoms with van der Waals surface area (Å²) < 4.78 is 1.07. The first-order valence-electron chi connectivity index (χ1n) is 9.01. The van der Waals surface area contributed by atoms with Crippen molar-refractivity contribution in [2.75, 3.05) is 0 Å². The molecule has 0 atom stereocenters. The number of carbonyl (C=O) groups is 1. The van der Waals surface area contributed by atoms with Crippen LogP contribution in [0.2, 0.25) is 5.02 Å². The number of ketones is 1. The molecule has 2 aromatic carbocycles. The molecule has 0 saturated carbocycles. The highest BCUT2D eigenvalue weighted by Gasteiger charge is 2.24. The minimum atomic E-state index is -0.619. The third-order valence-electron chi connectivity index (χ3n) is 4.82. The summed E-state index contributed by atoms with van der Waals surface area (Å²) in [5.41, 5.74) is 1.97. The number of benzene rings is 2. The largest absolute Gasteiger partial charge is 0.494 e. The molecule has 6 heteroatoms. The van der Waals surface area contributed by atoms with Crippen molar-refractivity contribution in [2.24, 2.45) is 0 Å². The van der Waals surface area contributed by atoms with Crippen LogP contribution in [0.25, 0.3) is 0 Å². The van der Waals surface area contributed by atoms with Crippen molar-refractivity contribution in [2.45, 2.75) is 26.8 Å². The number of aromatic nitrogens is 1. The molecule has 1 heterocycles. The summed E-state index contributed by atoms with van der Waals surface area (Å²) in [6, 6.07) is 16.1. The molecule has 0 aliphatic heterocycles. The topological polar surface area (TPSA) is 83.1 Å². The van der Waals surface area contributed by atoms with E-state index in [1.165, 1.54) is 6.92 Å². The number of aromatic hydroxyl groups is 1. The first-order valence-corrected chi connectivity index (χ1v) is 9.39.